The molecule has 2 rings (SSSR count). The van der Waals surface area contributed by atoms with E-state index in [9.17, 15) is 4.79 Å². The van der Waals surface area contributed by atoms with Crippen LogP contribution in [0.2, 0.25) is 0 Å². The second-order valence-electron chi connectivity index (χ2n) is 4.12. The molecule has 19 heavy (non-hydrogen) atoms. The number of ether oxygens (including phenoxy) is 1. The topological polar surface area (TPSA) is 26.3 Å². The van der Waals surface area contributed by atoms with Crippen LogP contribution in [0.4, 0.5) is 0 Å². The Balaban J connectivity index is 1.73. The summed E-state index contributed by atoms with van der Waals surface area (Å²) in [4.78, 5) is 11.7. The highest BCUT2D eigenvalue weighted by Gasteiger charge is 2.03. The van der Waals surface area contributed by atoms with Crippen LogP contribution in [0, 0.1) is 0 Å². The van der Waals surface area contributed by atoms with Gasteiger partial charge in [0.25, 0.3) is 0 Å². The fourth-order valence-corrected chi connectivity index (χ4v) is 1.68. The molecular formula is C17H16O2. The van der Waals surface area contributed by atoms with E-state index in [1.54, 1.807) is 12.1 Å². The molecule has 0 aliphatic heterocycles. The molecule has 0 saturated heterocycles. The first-order valence-electron chi connectivity index (χ1n) is 6.24. The van der Waals surface area contributed by atoms with Gasteiger partial charge in [0.1, 0.15) is 6.61 Å². The van der Waals surface area contributed by atoms with Crippen molar-refractivity contribution in [3.05, 3.63) is 77.9 Å². The van der Waals surface area contributed by atoms with E-state index in [4.69, 9.17) is 4.74 Å². The summed E-state index contributed by atoms with van der Waals surface area (Å²) in [6, 6.07) is 19.2. The van der Waals surface area contributed by atoms with Crippen LogP contribution in [-0.4, -0.2) is 19.0 Å². The van der Waals surface area contributed by atoms with Crippen molar-refractivity contribution in [3.8, 4) is 0 Å². The van der Waals surface area contributed by atoms with Crippen LogP contribution in [0.1, 0.15) is 15.9 Å². The smallest absolute Gasteiger partial charge is 0.188 e. The van der Waals surface area contributed by atoms with Gasteiger partial charge in [0.05, 0.1) is 6.61 Å². The van der Waals surface area contributed by atoms with Crippen molar-refractivity contribution in [1.82, 2.24) is 0 Å². The predicted octanol–water partition coefficient (Wildman–Crippen LogP) is 3.60. The van der Waals surface area contributed by atoms with Crippen molar-refractivity contribution >= 4 is 11.9 Å². The summed E-state index contributed by atoms with van der Waals surface area (Å²) in [5.74, 6) is 0.00807. The lowest BCUT2D eigenvalue weighted by atomic mass is 10.1. The molecule has 2 nitrogen and oxygen atoms in total. The summed E-state index contributed by atoms with van der Waals surface area (Å²) in [5.41, 5.74) is 1.81. The molecule has 0 fully saturated rings. The van der Waals surface area contributed by atoms with E-state index in [1.807, 2.05) is 60.7 Å². The van der Waals surface area contributed by atoms with E-state index in [0.717, 1.165) is 5.56 Å². The van der Waals surface area contributed by atoms with Crippen molar-refractivity contribution in [1.29, 1.82) is 0 Å². The molecule has 0 N–H and O–H groups in total. The summed E-state index contributed by atoms with van der Waals surface area (Å²) >= 11 is 0. The van der Waals surface area contributed by atoms with Crippen molar-refractivity contribution in [2.45, 2.75) is 0 Å². The first kappa shape index (κ1) is 13.2. The average molecular weight is 252 g/mol. The lowest BCUT2D eigenvalue weighted by Gasteiger charge is -2.00. The normalized spacial score (nSPS) is 10.7. The zero-order valence-electron chi connectivity index (χ0n) is 10.7. The highest BCUT2D eigenvalue weighted by molar-refractivity contribution is 5.96. The molecule has 0 amide bonds. The quantitative estimate of drug-likeness (QED) is 0.580. The van der Waals surface area contributed by atoms with Crippen LogP contribution >= 0.6 is 0 Å². The number of carbonyl (C=O) groups excluding carboxylic acids is 1. The molecule has 96 valence electrons. The van der Waals surface area contributed by atoms with Gasteiger partial charge in [-0.25, -0.2) is 0 Å². The molecule has 0 atom stereocenters. The lowest BCUT2D eigenvalue weighted by molar-refractivity contribution is 0.0806. The molecule has 2 aromatic carbocycles. The molecule has 0 aliphatic carbocycles. The maximum atomic E-state index is 11.7. The Morgan fingerprint density at radius 3 is 2.26 bits per heavy atom. The number of rotatable bonds is 6. The highest BCUT2D eigenvalue weighted by Crippen LogP contribution is 2.02. The van der Waals surface area contributed by atoms with Gasteiger partial charge in [0, 0.05) is 5.56 Å². The Morgan fingerprint density at radius 1 is 0.947 bits per heavy atom. The average Bonchev–Trinajstić information content (AvgIpc) is 2.49. The number of ketones is 1. The number of hydrogen-bond donors (Lipinski definition) is 0. The predicted molar refractivity (Wildman–Crippen MR) is 77.1 cm³/mol. The van der Waals surface area contributed by atoms with E-state index in [1.165, 1.54) is 0 Å². The molecular weight excluding hydrogens is 236 g/mol. The van der Waals surface area contributed by atoms with Crippen LogP contribution in [0.15, 0.2) is 66.7 Å². The fraction of sp³-hybridized carbons (Fsp3) is 0.118. The Morgan fingerprint density at radius 2 is 1.58 bits per heavy atom. The molecule has 0 aliphatic rings. The maximum Gasteiger partial charge on any atom is 0.188 e. The molecule has 2 aromatic rings. The highest BCUT2D eigenvalue weighted by atomic mass is 16.5. The minimum absolute atomic E-state index is 0.00807. The van der Waals surface area contributed by atoms with Crippen molar-refractivity contribution in [2.24, 2.45) is 0 Å². The molecule has 0 bridgehead atoms. The van der Waals surface area contributed by atoms with Gasteiger partial charge >= 0.3 is 0 Å². The van der Waals surface area contributed by atoms with Gasteiger partial charge in [-0.3, -0.25) is 4.79 Å². The summed E-state index contributed by atoms with van der Waals surface area (Å²) in [6.07, 6.45) is 3.89. The second kappa shape index (κ2) is 7.29. The Bertz CT molecular complexity index is 530. The lowest BCUT2D eigenvalue weighted by Crippen LogP contribution is -2.08. The van der Waals surface area contributed by atoms with Gasteiger partial charge in [0.15, 0.2) is 5.78 Å². The fourth-order valence-electron chi connectivity index (χ4n) is 1.68. The third-order valence-electron chi connectivity index (χ3n) is 2.65. The van der Waals surface area contributed by atoms with Crippen LogP contribution in [0.5, 0.6) is 0 Å². The Labute approximate surface area is 113 Å². The summed E-state index contributed by atoms with van der Waals surface area (Å²) in [5, 5.41) is 0. The maximum absolute atomic E-state index is 11.7. The van der Waals surface area contributed by atoms with Crippen LogP contribution in [-0.2, 0) is 4.74 Å². The number of hydrogen-bond acceptors (Lipinski definition) is 2. The first-order valence-corrected chi connectivity index (χ1v) is 6.24. The Hall–Kier alpha value is -2.19. The molecule has 0 saturated carbocycles. The van der Waals surface area contributed by atoms with Gasteiger partial charge in [-0.15, -0.1) is 0 Å². The summed E-state index contributed by atoms with van der Waals surface area (Å²) < 4.78 is 5.34. The van der Waals surface area contributed by atoms with Gasteiger partial charge in [-0.1, -0.05) is 72.8 Å². The molecule has 0 aromatic heterocycles. The van der Waals surface area contributed by atoms with Gasteiger partial charge in [-0.05, 0) is 5.56 Å². The first-order chi connectivity index (χ1) is 9.36. The van der Waals surface area contributed by atoms with E-state index in [-0.39, 0.29) is 12.4 Å². The van der Waals surface area contributed by atoms with Crippen molar-refractivity contribution < 1.29 is 9.53 Å². The largest absolute Gasteiger partial charge is 0.369 e. The van der Waals surface area contributed by atoms with Crippen molar-refractivity contribution in [2.75, 3.05) is 13.2 Å². The number of benzene rings is 2. The van der Waals surface area contributed by atoms with Crippen molar-refractivity contribution in [3.63, 3.8) is 0 Å². The van der Waals surface area contributed by atoms with E-state index in [2.05, 4.69) is 0 Å². The van der Waals surface area contributed by atoms with Crippen LogP contribution in [0.25, 0.3) is 6.08 Å². The van der Waals surface area contributed by atoms with Gasteiger partial charge in [-0.2, -0.15) is 0 Å². The monoisotopic (exact) mass is 252 g/mol. The SMILES string of the molecule is O=C(COC/C=C/c1ccccc1)c1ccccc1. The van der Waals surface area contributed by atoms with E-state index >= 15 is 0 Å². The van der Waals surface area contributed by atoms with Gasteiger partial charge < -0.3 is 4.74 Å². The summed E-state index contributed by atoms with van der Waals surface area (Å²) in [6.45, 7) is 0.552. The molecule has 2 heteroatoms. The van der Waals surface area contributed by atoms with Crippen LogP contribution < -0.4 is 0 Å². The molecule has 0 heterocycles. The number of carbonyl (C=O) groups is 1. The third-order valence-corrected chi connectivity index (χ3v) is 2.65. The molecule has 0 unspecified atom stereocenters. The second-order valence-corrected chi connectivity index (χ2v) is 4.12. The molecule has 0 radical (unpaired) electrons. The minimum atomic E-state index is 0.00807. The number of Topliss-reactive ketones (excluding diaryl/α,β-unsaturated/α-hetero) is 1. The Kier molecular flexibility index (Phi) is 5.08. The van der Waals surface area contributed by atoms with Crippen LogP contribution in [0.3, 0.4) is 0 Å². The van der Waals surface area contributed by atoms with E-state index in [0.29, 0.717) is 12.2 Å². The van der Waals surface area contributed by atoms with E-state index < -0.39 is 0 Å². The molecule has 0 spiro atoms. The summed E-state index contributed by atoms with van der Waals surface area (Å²) in [7, 11) is 0. The minimum Gasteiger partial charge on any atom is -0.369 e. The standard InChI is InChI=1S/C17H16O2/c18-17(16-11-5-2-6-12-16)14-19-13-7-10-15-8-3-1-4-9-15/h1-12H,13-14H2/b10-7+. The zero-order chi connectivity index (χ0) is 13.3. The third kappa shape index (κ3) is 4.53. The zero-order valence-corrected chi connectivity index (χ0v) is 10.7. The van der Waals surface area contributed by atoms with Gasteiger partial charge in [0.2, 0.25) is 0 Å².